The molecular formula is C48H52N10. The van der Waals surface area contributed by atoms with Crippen LogP contribution in [0.15, 0.2) is 97.7 Å². The molecule has 5 aromatic heterocycles. The predicted molar refractivity (Wildman–Crippen MR) is 231 cm³/mol. The van der Waals surface area contributed by atoms with E-state index in [1.807, 2.05) is 38.6 Å². The molecule has 2 aliphatic carbocycles. The zero-order chi connectivity index (χ0) is 38.5. The number of benzene rings is 3. The number of hydrogen-bond donors (Lipinski definition) is 0. The van der Waals surface area contributed by atoms with Gasteiger partial charge in [0.25, 0.3) is 0 Å². The summed E-state index contributed by atoms with van der Waals surface area (Å²) in [4.78, 5) is 24.7. The zero-order valence-electron chi connectivity index (χ0n) is 33.7. The van der Waals surface area contributed by atoms with E-state index in [2.05, 4.69) is 111 Å². The lowest BCUT2D eigenvalue weighted by Gasteiger charge is -2.38. The average molecular weight is 769 g/mol. The molecule has 10 heteroatoms. The highest BCUT2D eigenvalue weighted by Crippen LogP contribution is 2.44. The highest BCUT2D eigenvalue weighted by molar-refractivity contribution is 5.84. The first-order valence-corrected chi connectivity index (χ1v) is 22.1. The molecule has 9 heterocycles. The van der Waals surface area contributed by atoms with Gasteiger partial charge in [0.1, 0.15) is 23.6 Å². The van der Waals surface area contributed by atoms with Crippen LogP contribution in [-0.4, -0.2) is 85.1 Å². The minimum Gasteiger partial charge on any atom is -0.326 e. The number of rotatable bonds is 4. The first-order chi connectivity index (χ1) is 28.7. The summed E-state index contributed by atoms with van der Waals surface area (Å²) >= 11 is 0. The monoisotopic (exact) mass is 768 g/mol. The first kappa shape index (κ1) is 34.7. The van der Waals surface area contributed by atoms with Crippen molar-refractivity contribution >= 4 is 38.7 Å². The average Bonchev–Trinajstić information content (AvgIpc) is 4.08. The summed E-state index contributed by atoms with van der Waals surface area (Å²) in [6.07, 6.45) is 18.9. The van der Waals surface area contributed by atoms with Gasteiger partial charge in [-0.2, -0.15) is 0 Å². The Morgan fingerprint density at radius 3 is 1.88 bits per heavy atom. The molecule has 0 N–H and O–H groups in total. The van der Waals surface area contributed by atoms with Crippen LogP contribution in [0.1, 0.15) is 88.7 Å². The third-order valence-corrected chi connectivity index (χ3v) is 14.5. The Morgan fingerprint density at radius 1 is 0.569 bits per heavy atom. The molecule has 4 aliphatic heterocycles. The first-order valence-electron chi connectivity index (χ1n) is 22.1. The van der Waals surface area contributed by atoms with Gasteiger partial charge in [0, 0.05) is 86.5 Å². The Balaban J connectivity index is 0.000000121. The van der Waals surface area contributed by atoms with Crippen LogP contribution in [0.25, 0.3) is 55.6 Å². The van der Waals surface area contributed by atoms with E-state index in [1.165, 1.54) is 98.3 Å². The second-order valence-corrected chi connectivity index (χ2v) is 17.5. The zero-order valence-corrected chi connectivity index (χ0v) is 33.7. The molecule has 4 bridgehead atoms. The number of nitrogens with zero attached hydrogens (tertiary/aromatic N) is 10. The topological polar surface area (TPSA) is 77.2 Å². The quantitative estimate of drug-likeness (QED) is 0.178. The summed E-state index contributed by atoms with van der Waals surface area (Å²) < 4.78 is 9.25. The fourth-order valence-electron chi connectivity index (χ4n) is 11.2. The second kappa shape index (κ2) is 13.6. The van der Waals surface area contributed by atoms with Gasteiger partial charge in [-0.3, -0.25) is 14.4 Å². The molecule has 8 aromatic rings. The van der Waals surface area contributed by atoms with Gasteiger partial charge in [0.15, 0.2) is 0 Å². The van der Waals surface area contributed by atoms with E-state index in [-0.39, 0.29) is 0 Å². The molecule has 0 spiro atoms. The van der Waals surface area contributed by atoms with Crippen molar-refractivity contribution in [3.63, 3.8) is 0 Å². The van der Waals surface area contributed by atoms with Crippen molar-refractivity contribution in [2.24, 2.45) is 0 Å². The maximum absolute atomic E-state index is 5.13. The maximum atomic E-state index is 5.13. The summed E-state index contributed by atoms with van der Waals surface area (Å²) in [7, 11) is 0. The summed E-state index contributed by atoms with van der Waals surface area (Å²) in [6, 6.07) is 29.1. The van der Waals surface area contributed by atoms with E-state index in [0.29, 0.717) is 23.9 Å². The Kier molecular flexibility index (Phi) is 8.15. The van der Waals surface area contributed by atoms with E-state index < -0.39 is 0 Å². The van der Waals surface area contributed by atoms with E-state index in [9.17, 15) is 0 Å². The van der Waals surface area contributed by atoms with Gasteiger partial charge in [0.05, 0.1) is 33.1 Å². The van der Waals surface area contributed by atoms with Crippen molar-refractivity contribution in [3.05, 3.63) is 109 Å². The van der Waals surface area contributed by atoms with E-state index in [4.69, 9.17) is 9.97 Å². The van der Waals surface area contributed by atoms with Crippen LogP contribution in [0, 0.1) is 0 Å². The van der Waals surface area contributed by atoms with Gasteiger partial charge in [0.2, 0.25) is 0 Å². The van der Waals surface area contributed by atoms with E-state index in [0.717, 1.165) is 58.6 Å². The van der Waals surface area contributed by atoms with Crippen LogP contribution in [0.4, 0.5) is 0 Å². The van der Waals surface area contributed by atoms with Crippen LogP contribution in [0.3, 0.4) is 0 Å². The lowest BCUT2D eigenvalue weighted by atomic mass is 9.91. The molecule has 6 aliphatic rings. The minimum absolute atomic E-state index is 0.601. The van der Waals surface area contributed by atoms with Gasteiger partial charge < -0.3 is 13.5 Å². The van der Waals surface area contributed by atoms with Gasteiger partial charge in [-0.25, -0.2) is 19.9 Å². The van der Waals surface area contributed by atoms with Crippen molar-refractivity contribution in [1.29, 1.82) is 0 Å². The van der Waals surface area contributed by atoms with Gasteiger partial charge in [-0.15, -0.1) is 0 Å². The van der Waals surface area contributed by atoms with Gasteiger partial charge in [-0.05, 0) is 104 Å². The summed E-state index contributed by atoms with van der Waals surface area (Å²) in [6.45, 7) is 8.63. The molecule has 2 saturated heterocycles. The van der Waals surface area contributed by atoms with Crippen LogP contribution < -0.4 is 0 Å². The van der Waals surface area contributed by atoms with Crippen molar-refractivity contribution in [3.8, 4) is 16.8 Å². The number of hydrogen-bond acceptors (Lipinski definition) is 6. The van der Waals surface area contributed by atoms with Gasteiger partial charge >= 0.3 is 0 Å². The largest absolute Gasteiger partial charge is 0.326 e. The Morgan fingerprint density at radius 2 is 1.21 bits per heavy atom. The Hall–Kier alpha value is -5.32. The third kappa shape index (κ3) is 5.44. The fraction of sp³-hybridized carbons (Fsp3) is 0.417. The number of fused-ring (bicyclic) bond motifs is 14. The molecule has 58 heavy (non-hydrogen) atoms. The van der Waals surface area contributed by atoms with Crippen LogP contribution in [0.5, 0.6) is 0 Å². The van der Waals surface area contributed by atoms with Crippen molar-refractivity contribution in [2.75, 3.05) is 13.1 Å². The van der Waals surface area contributed by atoms with Crippen molar-refractivity contribution in [1.82, 2.24) is 47.8 Å². The minimum atomic E-state index is 0.601. The molecule has 14 rings (SSSR count). The molecule has 294 valence electrons. The number of aromatic nitrogens is 8. The molecule has 10 nitrogen and oxygen atoms in total. The second-order valence-electron chi connectivity index (χ2n) is 17.5. The highest BCUT2D eigenvalue weighted by Gasteiger charge is 2.45. The Labute approximate surface area is 339 Å². The van der Waals surface area contributed by atoms with Crippen LogP contribution in [0.2, 0.25) is 0 Å². The fourth-order valence-corrected chi connectivity index (χ4v) is 11.2. The number of para-hydroxylation sites is 2. The molecule has 4 unspecified atom stereocenters. The number of likely N-dealkylation sites (tertiary alicyclic amines) is 2. The van der Waals surface area contributed by atoms with Crippen LogP contribution >= 0.6 is 0 Å². The predicted octanol–water partition coefficient (Wildman–Crippen LogP) is 9.20. The summed E-state index contributed by atoms with van der Waals surface area (Å²) in [5.41, 5.74) is 11.6. The SMILES string of the molecule is CC.c1ccc2c(c1)ncn2-c1ccc2c(c1)nc1n2CC2CC1CN2C1CCC1.c1cn2cc(-c3ccc4c(c3)nc3n4CC4CC3CN4C3CCC3)ccc2n1. The standard InChI is InChI=1S/2C23H23N5.C2H6/c1-2-7-21-19(6-1)24-14-28(21)17-8-9-22-20(11-17)25-23-15-10-18(13-27(22)23)26(12-15)16-4-3-5-16;1-2-18(3-1)27-13-17-10-19(27)14-28-21-6-4-15(11-20(21)25-23(17)28)16-5-7-22-24-8-9-26(22)12-16;1-2/h1-2,6-9,11,14-16,18H,3-5,10,12-13H2;4-9,11-12,17-19H,1-3,10,13-14H2;1-2H3. The molecule has 0 radical (unpaired) electrons. The van der Waals surface area contributed by atoms with Crippen LogP contribution in [-0.2, 0) is 13.1 Å². The van der Waals surface area contributed by atoms with E-state index >= 15 is 0 Å². The summed E-state index contributed by atoms with van der Waals surface area (Å²) in [5, 5.41) is 0. The molecule has 2 saturated carbocycles. The molecule has 3 aromatic carbocycles. The molecular weight excluding hydrogens is 717 g/mol. The van der Waals surface area contributed by atoms with Crippen molar-refractivity contribution < 1.29 is 0 Å². The maximum Gasteiger partial charge on any atom is 0.136 e. The summed E-state index contributed by atoms with van der Waals surface area (Å²) in [5.74, 6) is 3.83. The highest BCUT2D eigenvalue weighted by atomic mass is 15.3. The third-order valence-electron chi connectivity index (χ3n) is 14.5. The molecule has 0 amide bonds. The molecule has 4 atom stereocenters. The molecule has 4 fully saturated rings. The normalized spacial score (nSPS) is 24.0. The van der Waals surface area contributed by atoms with Gasteiger partial charge in [-0.1, -0.05) is 44.9 Å². The lowest BCUT2D eigenvalue weighted by molar-refractivity contribution is 0.108. The number of imidazole rings is 4. The van der Waals surface area contributed by atoms with E-state index in [1.54, 1.807) is 0 Å². The smallest absolute Gasteiger partial charge is 0.136 e. The number of pyridine rings is 1. The lowest BCUT2D eigenvalue weighted by Crippen LogP contribution is -2.44. The Bertz CT molecular complexity index is 2810. The van der Waals surface area contributed by atoms with Crippen molar-refractivity contribution in [2.45, 2.75) is 114 Å².